The van der Waals surface area contributed by atoms with E-state index in [2.05, 4.69) is 6.07 Å². The molecule has 14 heavy (non-hydrogen) atoms. The molecule has 0 N–H and O–H groups in total. The summed E-state index contributed by atoms with van der Waals surface area (Å²) in [5, 5.41) is 0. The summed E-state index contributed by atoms with van der Waals surface area (Å²) in [4.78, 5) is 13.3. The van der Waals surface area contributed by atoms with E-state index in [1.807, 2.05) is 18.2 Å². The van der Waals surface area contributed by atoms with E-state index >= 15 is 0 Å². The van der Waals surface area contributed by atoms with Gasteiger partial charge in [-0.1, -0.05) is 18.2 Å². The van der Waals surface area contributed by atoms with E-state index in [0.29, 0.717) is 12.0 Å². The highest BCUT2D eigenvalue weighted by molar-refractivity contribution is 5.93. The van der Waals surface area contributed by atoms with Crippen LogP contribution in [0.25, 0.3) is 0 Å². The van der Waals surface area contributed by atoms with Crippen LogP contribution in [-0.4, -0.2) is 19.2 Å². The summed E-state index contributed by atoms with van der Waals surface area (Å²) in [5.41, 5.74) is 2.32. The molecule has 3 nitrogen and oxygen atoms in total. The number of fused-ring (bicyclic) bond motifs is 3. The van der Waals surface area contributed by atoms with Gasteiger partial charge in [0.25, 0.3) is 0 Å². The zero-order chi connectivity index (χ0) is 9.71. The second-order valence-corrected chi connectivity index (χ2v) is 3.81. The molecule has 2 atom stereocenters. The molecule has 0 radical (unpaired) electrons. The van der Waals surface area contributed by atoms with Crippen LogP contribution in [0.4, 0.5) is 10.5 Å². The minimum Gasteiger partial charge on any atom is -0.452 e. The normalized spacial score (nSPS) is 26.8. The number of ether oxygens (including phenoxy) is 1. The molecule has 1 heterocycles. The second-order valence-electron chi connectivity index (χ2n) is 3.81. The summed E-state index contributed by atoms with van der Waals surface area (Å²) in [6.07, 6.45) is 0.856. The zero-order valence-electron chi connectivity index (χ0n) is 7.93. The van der Waals surface area contributed by atoms with Crippen LogP contribution in [0.3, 0.4) is 0 Å². The highest BCUT2D eigenvalue weighted by atomic mass is 16.5. The Morgan fingerprint density at radius 3 is 3.07 bits per heavy atom. The first kappa shape index (κ1) is 7.85. The lowest BCUT2D eigenvalue weighted by molar-refractivity contribution is 0.178. The van der Waals surface area contributed by atoms with Crippen molar-refractivity contribution < 1.29 is 9.53 Å². The Balaban J connectivity index is 2.06. The van der Waals surface area contributed by atoms with Crippen LogP contribution in [0.2, 0.25) is 0 Å². The predicted molar refractivity (Wildman–Crippen MR) is 52.5 cm³/mol. The van der Waals surface area contributed by atoms with Gasteiger partial charge in [-0.25, -0.2) is 4.79 Å². The quantitative estimate of drug-likeness (QED) is 0.625. The molecule has 0 bridgehead atoms. The zero-order valence-corrected chi connectivity index (χ0v) is 7.93. The largest absolute Gasteiger partial charge is 0.452 e. The smallest absolute Gasteiger partial charge is 0.414 e. The summed E-state index contributed by atoms with van der Waals surface area (Å²) < 4.78 is 4.78. The van der Waals surface area contributed by atoms with Gasteiger partial charge < -0.3 is 4.74 Å². The molecule has 1 fully saturated rings. The van der Waals surface area contributed by atoms with Crippen LogP contribution < -0.4 is 4.90 Å². The first-order valence-electron chi connectivity index (χ1n) is 4.79. The molecule has 72 valence electrons. The highest BCUT2D eigenvalue weighted by Crippen LogP contribution is 2.55. The van der Waals surface area contributed by atoms with Crippen molar-refractivity contribution in [3.8, 4) is 0 Å². The Morgan fingerprint density at radius 1 is 1.50 bits per heavy atom. The molecule has 0 aromatic heterocycles. The Morgan fingerprint density at radius 2 is 2.29 bits per heavy atom. The maximum absolute atomic E-state index is 11.5. The van der Waals surface area contributed by atoms with Crippen molar-refractivity contribution in [2.75, 3.05) is 12.0 Å². The van der Waals surface area contributed by atoms with Gasteiger partial charge in [0.05, 0.1) is 12.8 Å². The molecule has 3 heteroatoms. The van der Waals surface area contributed by atoms with Crippen LogP contribution in [0, 0.1) is 0 Å². The second kappa shape index (κ2) is 2.50. The fraction of sp³-hybridized carbons (Fsp3) is 0.364. The third-order valence-corrected chi connectivity index (χ3v) is 3.06. The van der Waals surface area contributed by atoms with Gasteiger partial charge >= 0.3 is 6.09 Å². The van der Waals surface area contributed by atoms with Gasteiger partial charge in [-0.2, -0.15) is 0 Å². The average molecular weight is 189 g/mol. The van der Waals surface area contributed by atoms with E-state index in [0.717, 1.165) is 12.1 Å². The molecule has 0 spiro atoms. The topological polar surface area (TPSA) is 29.5 Å². The maximum atomic E-state index is 11.5. The van der Waals surface area contributed by atoms with Crippen LogP contribution in [0.15, 0.2) is 24.3 Å². The van der Waals surface area contributed by atoms with Crippen LogP contribution in [0.1, 0.15) is 17.9 Å². The number of hydrogen-bond donors (Lipinski definition) is 0. The van der Waals surface area contributed by atoms with Crippen LogP contribution >= 0.6 is 0 Å². The molecular weight excluding hydrogens is 178 g/mol. The Hall–Kier alpha value is -1.51. The minimum absolute atomic E-state index is 0.234. The fourth-order valence-electron chi connectivity index (χ4n) is 2.33. The number of methoxy groups -OCH3 is 1. The van der Waals surface area contributed by atoms with Gasteiger partial charge in [0, 0.05) is 12.0 Å². The monoisotopic (exact) mass is 189 g/mol. The first-order chi connectivity index (χ1) is 6.83. The number of carbonyl (C=O) groups is 1. The first-order valence-corrected chi connectivity index (χ1v) is 4.79. The highest BCUT2D eigenvalue weighted by Gasteiger charge is 2.53. The SMILES string of the molecule is COC(=O)N1c2ccccc2[C@H]2C[C@H]21. The number of hydrogen-bond acceptors (Lipinski definition) is 2. The van der Waals surface area contributed by atoms with Crippen LogP contribution in [0.5, 0.6) is 0 Å². The Kier molecular flexibility index (Phi) is 1.40. The number of benzene rings is 1. The van der Waals surface area contributed by atoms with Crippen molar-refractivity contribution in [1.29, 1.82) is 0 Å². The third kappa shape index (κ3) is 0.842. The van der Waals surface area contributed by atoms with E-state index < -0.39 is 0 Å². The number of amides is 1. The van der Waals surface area contributed by atoms with Gasteiger partial charge in [-0.15, -0.1) is 0 Å². The van der Waals surface area contributed by atoms with Gasteiger partial charge in [0.1, 0.15) is 0 Å². The maximum Gasteiger partial charge on any atom is 0.414 e. The molecule has 1 amide bonds. The molecule has 1 aliphatic carbocycles. The fourth-order valence-corrected chi connectivity index (χ4v) is 2.33. The molecule has 0 unspecified atom stereocenters. The molecular formula is C11H11NO2. The number of nitrogens with zero attached hydrogens (tertiary/aromatic N) is 1. The number of carbonyl (C=O) groups excluding carboxylic acids is 1. The average Bonchev–Trinajstić information content (AvgIpc) is 2.94. The molecule has 1 saturated carbocycles. The van der Waals surface area contributed by atoms with Crippen molar-refractivity contribution in [2.24, 2.45) is 0 Å². The molecule has 2 aliphatic rings. The van der Waals surface area contributed by atoms with Crippen molar-refractivity contribution in [2.45, 2.75) is 18.4 Å². The molecule has 1 aromatic rings. The van der Waals surface area contributed by atoms with E-state index in [1.165, 1.54) is 12.7 Å². The Bertz CT molecular complexity index is 402. The summed E-state index contributed by atoms with van der Waals surface area (Å²) in [7, 11) is 1.43. The summed E-state index contributed by atoms with van der Waals surface area (Å²) >= 11 is 0. The van der Waals surface area contributed by atoms with Gasteiger partial charge in [-0.05, 0) is 18.1 Å². The van der Waals surface area contributed by atoms with E-state index in [1.54, 1.807) is 4.90 Å². The lowest BCUT2D eigenvalue weighted by Gasteiger charge is -2.18. The van der Waals surface area contributed by atoms with Crippen LogP contribution in [-0.2, 0) is 4.74 Å². The Labute approximate surface area is 82.3 Å². The summed E-state index contributed by atoms with van der Waals surface area (Å²) in [5.74, 6) is 0.560. The van der Waals surface area contributed by atoms with Crippen molar-refractivity contribution in [3.63, 3.8) is 0 Å². The summed E-state index contributed by atoms with van der Waals surface area (Å²) in [6, 6.07) is 8.43. The molecule has 1 aliphatic heterocycles. The van der Waals surface area contributed by atoms with Crippen molar-refractivity contribution in [1.82, 2.24) is 0 Å². The minimum atomic E-state index is -0.234. The number of rotatable bonds is 0. The van der Waals surface area contributed by atoms with Crippen molar-refractivity contribution >= 4 is 11.8 Å². The number of para-hydroxylation sites is 1. The van der Waals surface area contributed by atoms with Gasteiger partial charge in [0.2, 0.25) is 0 Å². The standard InChI is InChI=1S/C11H11NO2/c1-14-11(13)12-9-5-3-2-4-7(9)8-6-10(8)12/h2-5,8,10H,6H2,1H3/t8-,10-/m1/s1. The lowest BCUT2D eigenvalue weighted by atomic mass is 10.1. The lowest BCUT2D eigenvalue weighted by Crippen LogP contribution is -2.31. The van der Waals surface area contributed by atoms with Gasteiger partial charge in [-0.3, -0.25) is 4.90 Å². The molecule has 0 saturated heterocycles. The molecule has 1 aromatic carbocycles. The number of anilines is 1. The van der Waals surface area contributed by atoms with E-state index in [9.17, 15) is 4.79 Å². The van der Waals surface area contributed by atoms with E-state index in [-0.39, 0.29) is 6.09 Å². The summed E-state index contributed by atoms with van der Waals surface area (Å²) in [6.45, 7) is 0. The third-order valence-electron chi connectivity index (χ3n) is 3.06. The van der Waals surface area contributed by atoms with Gasteiger partial charge in [0.15, 0.2) is 0 Å². The van der Waals surface area contributed by atoms with Crippen molar-refractivity contribution in [3.05, 3.63) is 29.8 Å². The molecule has 3 rings (SSSR count). The van der Waals surface area contributed by atoms with E-state index in [4.69, 9.17) is 4.74 Å². The predicted octanol–water partition coefficient (Wildman–Crippen LogP) is 2.13.